The molecule has 1 fully saturated rings. The van der Waals surface area contributed by atoms with Gasteiger partial charge in [0.25, 0.3) is 0 Å². The topological polar surface area (TPSA) is 65.7 Å². The van der Waals surface area contributed by atoms with Gasteiger partial charge in [-0.2, -0.15) is 0 Å². The maximum Gasteiger partial charge on any atom is 0.191 e. The van der Waals surface area contributed by atoms with Crippen LogP contribution in [0.4, 0.5) is 0 Å². The van der Waals surface area contributed by atoms with Gasteiger partial charge in [-0.1, -0.05) is 32.9 Å². The molecule has 2 heterocycles. The van der Waals surface area contributed by atoms with Crippen LogP contribution in [0.3, 0.4) is 0 Å². The molecule has 2 N–H and O–H groups in total. The number of aromatic nitrogens is 1. The SMILES string of the molecule is CCC(CC)c1cc(CNC(=NC)NC2CCN(CC(C)C)CC2)on1.I. The molecule has 1 aromatic rings. The first kappa shape index (κ1) is 24.2. The molecular weight excluding hydrogens is 453 g/mol. The fourth-order valence-corrected chi connectivity index (χ4v) is 3.65. The number of piperidine rings is 1. The molecule has 156 valence electrons. The highest BCUT2D eigenvalue weighted by Crippen LogP contribution is 2.22. The Morgan fingerprint density at radius 2 is 1.96 bits per heavy atom. The number of hydrogen-bond acceptors (Lipinski definition) is 4. The number of guanidine groups is 1. The number of hydrogen-bond donors (Lipinski definition) is 2. The van der Waals surface area contributed by atoms with Crippen LogP contribution in [-0.4, -0.2) is 48.7 Å². The first-order chi connectivity index (χ1) is 12.5. The first-order valence-electron chi connectivity index (χ1n) is 10.2. The van der Waals surface area contributed by atoms with E-state index in [1.165, 1.54) is 6.54 Å². The molecule has 0 amide bonds. The van der Waals surface area contributed by atoms with E-state index in [4.69, 9.17) is 4.52 Å². The molecule has 0 unspecified atom stereocenters. The Morgan fingerprint density at radius 3 is 2.52 bits per heavy atom. The van der Waals surface area contributed by atoms with Crippen molar-refractivity contribution in [2.45, 2.75) is 71.9 Å². The third-order valence-electron chi connectivity index (χ3n) is 5.19. The van der Waals surface area contributed by atoms with Crippen molar-refractivity contribution in [2.24, 2.45) is 10.9 Å². The molecule has 0 aliphatic carbocycles. The summed E-state index contributed by atoms with van der Waals surface area (Å²) in [5.74, 6) is 2.93. The number of rotatable bonds is 8. The number of likely N-dealkylation sites (tertiary alicyclic amines) is 1. The molecule has 0 spiro atoms. The minimum absolute atomic E-state index is 0. The van der Waals surface area contributed by atoms with Crippen LogP contribution in [0.1, 0.15) is 70.8 Å². The van der Waals surface area contributed by atoms with Crippen molar-refractivity contribution in [2.75, 3.05) is 26.7 Å². The molecule has 0 saturated carbocycles. The van der Waals surface area contributed by atoms with Crippen LogP contribution >= 0.6 is 24.0 Å². The largest absolute Gasteiger partial charge is 0.359 e. The monoisotopic (exact) mass is 491 g/mol. The van der Waals surface area contributed by atoms with E-state index in [-0.39, 0.29) is 24.0 Å². The lowest BCUT2D eigenvalue weighted by atomic mass is 9.99. The van der Waals surface area contributed by atoms with E-state index in [1.54, 1.807) is 0 Å². The van der Waals surface area contributed by atoms with Crippen LogP contribution in [0, 0.1) is 5.92 Å². The van der Waals surface area contributed by atoms with Crippen molar-refractivity contribution in [1.29, 1.82) is 0 Å². The predicted molar refractivity (Wildman–Crippen MR) is 123 cm³/mol. The van der Waals surface area contributed by atoms with Gasteiger partial charge < -0.3 is 20.1 Å². The van der Waals surface area contributed by atoms with Gasteiger partial charge in [0.05, 0.1) is 12.2 Å². The van der Waals surface area contributed by atoms with E-state index < -0.39 is 0 Å². The van der Waals surface area contributed by atoms with Crippen LogP contribution < -0.4 is 10.6 Å². The van der Waals surface area contributed by atoms with E-state index in [0.29, 0.717) is 18.5 Å². The molecular formula is C20H38IN5O. The van der Waals surface area contributed by atoms with Crippen LogP contribution in [0.25, 0.3) is 0 Å². The van der Waals surface area contributed by atoms with Crippen molar-refractivity contribution >= 4 is 29.9 Å². The Hall–Kier alpha value is -0.830. The van der Waals surface area contributed by atoms with E-state index in [0.717, 1.165) is 62.1 Å². The highest BCUT2D eigenvalue weighted by atomic mass is 127. The number of halogens is 1. The molecule has 1 aliphatic rings. The summed E-state index contributed by atoms with van der Waals surface area (Å²) in [4.78, 5) is 6.92. The standard InChI is InChI=1S/C20H37N5O.HI/c1-6-16(7-2)19-12-18(26-24-19)13-22-20(21-5)23-17-8-10-25(11-9-17)14-15(3)4;/h12,15-17H,6-11,13-14H2,1-5H3,(H2,21,22,23);1H. The van der Waals surface area contributed by atoms with Gasteiger partial charge in [-0.3, -0.25) is 4.99 Å². The molecule has 27 heavy (non-hydrogen) atoms. The van der Waals surface area contributed by atoms with Crippen molar-refractivity contribution in [3.05, 3.63) is 17.5 Å². The zero-order valence-electron chi connectivity index (χ0n) is 17.6. The molecule has 0 atom stereocenters. The third-order valence-corrected chi connectivity index (χ3v) is 5.19. The maximum atomic E-state index is 5.48. The lowest BCUT2D eigenvalue weighted by Crippen LogP contribution is -2.48. The molecule has 1 saturated heterocycles. The van der Waals surface area contributed by atoms with Gasteiger partial charge in [0, 0.05) is 44.7 Å². The molecule has 1 aliphatic heterocycles. The average Bonchev–Trinajstić information content (AvgIpc) is 3.09. The zero-order chi connectivity index (χ0) is 18.9. The van der Waals surface area contributed by atoms with Crippen LogP contribution in [0.5, 0.6) is 0 Å². The Kier molecular flexibility index (Phi) is 11.3. The van der Waals surface area contributed by atoms with E-state index in [2.05, 4.69) is 59.4 Å². The fraction of sp³-hybridized carbons (Fsp3) is 0.800. The summed E-state index contributed by atoms with van der Waals surface area (Å²) in [6.45, 7) is 13.1. The van der Waals surface area contributed by atoms with Crippen LogP contribution in [0.2, 0.25) is 0 Å². The molecule has 7 heteroatoms. The Labute approximate surface area is 181 Å². The highest BCUT2D eigenvalue weighted by molar-refractivity contribution is 14.0. The lowest BCUT2D eigenvalue weighted by Gasteiger charge is -2.33. The molecule has 1 aromatic heterocycles. The summed E-state index contributed by atoms with van der Waals surface area (Å²) >= 11 is 0. The molecule has 0 radical (unpaired) electrons. The fourth-order valence-electron chi connectivity index (χ4n) is 3.65. The smallest absolute Gasteiger partial charge is 0.191 e. The average molecular weight is 491 g/mol. The van der Waals surface area contributed by atoms with Crippen LogP contribution in [0.15, 0.2) is 15.6 Å². The molecule has 0 bridgehead atoms. The van der Waals surface area contributed by atoms with Crippen molar-refractivity contribution < 1.29 is 4.52 Å². The van der Waals surface area contributed by atoms with Gasteiger partial charge in [-0.05, 0) is 31.6 Å². The van der Waals surface area contributed by atoms with Gasteiger partial charge in [-0.15, -0.1) is 24.0 Å². The van der Waals surface area contributed by atoms with Gasteiger partial charge in [0.1, 0.15) is 0 Å². The van der Waals surface area contributed by atoms with Crippen molar-refractivity contribution in [3.8, 4) is 0 Å². The predicted octanol–water partition coefficient (Wildman–Crippen LogP) is 3.98. The van der Waals surface area contributed by atoms with Crippen LogP contribution in [-0.2, 0) is 6.54 Å². The minimum atomic E-state index is 0. The zero-order valence-corrected chi connectivity index (χ0v) is 20.0. The molecule has 2 rings (SSSR count). The van der Waals surface area contributed by atoms with Gasteiger partial charge >= 0.3 is 0 Å². The Balaban J connectivity index is 0.00000364. The maximum absolute atomic E-state index is 5.48. The quantitative estimate of drug-likeness (QED) is 0.327. The highest BCUT2D eigenvalue weighted by Gasteiger charge is 2.20. The van der Waals surface area contributed by atoms with Crippen molar-refractivity contribution in [1.82, 2.24) is 20.7 Å². The summed E-state index contributed by atoms with van der Waals surface area (Å²) in [6, 6.07) is 2.56. The summed E-state index contributed by atoms with van der Waals surface area (Å²) < 4.78 is 5.48. The van der Waals surface area contributed by atoms with Crippen molar-refractivity contribution in [3.63, 3.8) is 0 Å². The summed E-state index contributed by atoms with van der Waals surface area (Å²) in [6.07, 6.45) is 4.51. The minimum Gasteiger partial charge on any atom is -0.359 e. The van der Waals surface area contributed by atoms with E-state index in [1.807, 2.05) is 7.05 Å². The summed E-state index contributed by atoms with van der Waals surface area (Å²) in [5.41, 5.74) is 1.06. The van der Waals surface area contributed by atoms with Gasteiger partial charge in [0.2, 0.25) is 0 Å². The second-order valence-electron chi connectivity index (χ2n) is 7.77. The lowest BCUT2D eigenvalue weighted by molar-refractivity contribution is 0.187. The second kappa shape index (κ2) is 12.6. The number of nitrogens with one attached hydrogen (secondary N) is 2. The van der Waals surface area contributed by atoms with E-state index in [9.17, 15) is 0 Å². The second-order valence-corrected chi connectivity index (χ2v) is 7.77. The van der Waals surface area contributed by atoms with E-state index >= 15 is 0 Å². The molecule has 6 nitrogen and oxygen atoms in total. The third kappa shape index (κ3) is 7.97. The Morgan fingerprint density at radius 1 is 1.30 bits per heavy atom. The number of aliphatic imine (C=N–C) groups is 1. The Bertz CT molecular complexity index is 548. The summed E-state index contributed by atoms with van der Waals surface area (Å²) in [7, 11) is 1.82. The van der Waals surface area contributed by atoms with Gasteiger partial charge in [-0.25, -0.2) is 0 Å². The molecule has 0 aromatic carbocycles. The summed E-state index contributed by atoms with van der Waals surface area (Å²) in [5, 5.41) is 11.1. The van der Waals surface area contributed by atoms with Gasteiger partial charge in [0.15, 0.2) is 11.7 Å². The first-order valence-corrected chi connectivity index (χ1v) is 10.2. The number of nitrogens with zero attached hydrogens (tertiary/aromatic N) is 3. The normalized spacial score (nSPS) is 16.6.